The number of rotatable bonds is 4. The number of carbonyl (C=O) groups is 3. The maximum Gasteiger partial charge on any atom is 0.261 e. The van der Waals surface area contributed by atoms with E-state index in [-0.39, 0.29) is 11.8 Å². The summed E-state index contributed by atoms with van der Waals surface area (Å²) in [6, 6.07) is 13.9. The molecule has 0 spiro atoms. The highest BCUT2D eigenvalue weighted by atomic mass is 16.2. The third kappa shape index (κ3) is 2.48. The zero-order valence-electron chi connectivity index (χ0n) is 13.3. The van der Waals surface area contributed by atoms with Gasteiger partial charge in [0.15, 0.2) is 0 Å². The summed E-state index contributed by atoms with van der Waals surface area (Å²) in [5.41, 5.74) is 8.41. The molecule has 1 aliphatic rings. The number of imide groups is 1. The van der Waals surface area contributed by atoms with Gasteiger partial charge in [0, 0.05) is 35.1 Å². The first-order chi connectivity index (χ1) is 12.0. The smallest absolute Gasteiger partial charge is 0.261 e. The lowest BCUT2D eigenvalue weighted by Gasteiger charge is -2.12. The number of H-pyrrole nitrogens is 1. The second-order valence-electron chi connectivity index (χ2n) is 6.02. The number of amides is 3. The molecule has 124 valence electrons. The number of nitrogens with zero attached hydrogens (tertiary/aromatic N) is 1. The van der Waals surface area contributed by atoms with Crippen LogP contribution in [0.25, 0.3) is 10.9 Å². The Bertz CT molecular complexity index is 1000. The number of nitrogens with two attached hydrogens (primary N) is 1. The summed E-state index contributed by atoms with van der Waals surface area (Å²) >= 11 is 0. The van der Waals surface area contributed by atoms with Crippen molar-refractivity contribution >= 4 is 28.6 Å². The van der Waals surface area contributed by atoms with E-state index in [1.165, 1.54) is 4.90 Å². The molecular formula is C19H15N3O3. The Morgan fingerprint density at radius 2 is 1.68 bits per heavy atom. The van der Waals surface area contributed by atoms with E-state index in [1.807, 2.05) is 6.07 Å². The predicted molar refractivity (Wildman–Crippen MR) is 92.3 cm³/mol. The monoisotopic (exact) mass is 333 g/mol. The van der Waals surface area contributed by atoms with Crippen molar-refractivity contribution in [2.45, 2.75) is 6.42 Å². The number of fused-ring (bicyclic) bond motifs is 2. The van der Waals surface area contributed by atoms with Crippen LogP contribution < -0.4 is 5.73 Å². The van der Waals surface area contributed by atoms with Crippen LogP contribution >= 0.6 is 0 Å². The number of nitrogens with one attached hydrogen (secondary N) is 1. The van der Waals surface area contributed by atoms with Crippen molar-refractivity contribution in [3.8, 4) is 0 Å². The van der Waals surface area contributed by atoms with Crippen LogP contribution in [0.15, 0.2) is 48.5 Å². The van der Waals surface area contributed by atoms with E-state index in [0.29, 0.717) is 29.7 Å². The van der Waals surface area contributed by atoms with E-state index in [9.17, 15) is 14.4 Å². The Morgan fingerprint density at radius 1 is 1.00 bits per heavy atom. The van der Waals surface area contributed by atoms with E-state index >= 15 is 0 Å². The van der Waals surface area contributed by atoms with Crippen LogP contribution in [-0.4, -0.2) is 34.2 Å². The van der Waals surface area contributed by atoms with Crippen molar-refractivity contribution < 1.29 is 14.4 Å². The molecule has 3 N–H and O–H groups in total. The first-order valence-corrected chi connectivity index (χ1v) is 7.91. The molecule has 0 saturated heterocycles. The average Bonchev–Trinajstić information content (AvgIpc) is 3.12. The van der Waals surface area contributed by atoms with Crippen LogP contribution in [-0.2, 0) is 6.42 Å². The molecule has 0 unspecified atom stereocenters. The lowest BCUT2D eigenvalue weighted by Crippen LogP contribution is -2.31. The molecule has 0 fully saturated rings. The summed E-state index contributed by atoms with van der Waals surface area (Å²) in [6.45, 7) is 0.293. The first-order valence-electron chi connectivity index (χ1n) is 7.91. The van der Waals surface area contributed by atoms with Crippen LogP contribution in [0.2, 0.25) is 0 Å². The number of hydrogen-bond acceptors (Lipinski definition) is 3. The molecule has 2 aromatic carbocycles. The Kier molecular flexibility index (Phi) is 3.39. The lowest BCUT2D eigenvalue weighted by molar-refractivity contribution is 0.0655. The van der Waals surface area contributed by atoms with Crippen molar-refractivity contribution in [1.82, 2.24) is 9.88 Å². The second-order valence-corrected chi connectivity index (χ2v) is 6.02. The molecule has 0 bridgehead atoms. The predicted octanol–water partition coefficient (Wildman–Crippen LogP) is 2.11. The van der Waals surface area contributed by atoms with Gasteiger partial charge in [-0.1, -0.05) is 12.1 Å². The number of aromatic nitrogens is 1. The number of carbonyl (C=O) groups excluding carboxylic acids is 3. The normalized spacial score (nSPS) is 13.5. The van der Waals surface area contributed by atoms with Gasteiger partial charge in [-0.3, -0.25) is 19.3 Å². The summed E-state index contributed by atoms with van der Waals surface area (Å²) in [5.74, 6) is -0.990. The highest BCUT2D eigenvalue weighted by Gasteiger charge is 2.34. The number of hydrogen-bond donors (Lipinski definition) is 2. The minimum Gasteiger partial charge on any atom is -0.366 e. The Balaban J connectivity index is 1.54. The van der Waals surface area contributed by atoms with Crippen LogP contribution in [0.4, 0.5) is 0 Å². The van der Waals surface area contributed by atoms with E-state index < -0.39 is 5.91 Å². The standard InChI is InChI=1S/C19H15N3O3/c20-17(23)11-5-6-16-12(9-11)10-13(21-16)7-8-22-18(24)14-3-1-2-4-15(14)19(22)25/h1-6,9-10,21H,7-8H2,(H2,20,23). The fraction of sp³-hybridized carbons (Fsp3) is 0.105. The molecule has 4 rings (SSSR count). The largest absolute Gasteiger partial charge is 0.366 e. The zero-order chi connectivity index (χ0) is 17.6. The molecule has 0 radical (unpaired) electrons. The van der Waals surface area contributed by atoms with E-state index in [1.54, 1.807) is 42.5 Å². The molecule has 6 nitrogen and oxygen atoms in total. The Morgan fingerprint density at radius 3 is 2.32 bits per heavy atom. The van der Waals surface area contributed by atoms with Crippen molar-refractivity contribution in [2.75, 3.05) is 6.54 Å². The maximum atomic E-state index is 12.4. The van der Waals surface area contributed by atoms with Gasteiger partial charge < -0.3 is 10.7 Å². The molecule has 0 saturated carbocycles. The van der Waals surface area contributed by atoms with Gasteiger partial charge in [-0.05, 0) is 36.4 Å². The lowest BCUT2D eigenvalue weighted by atomic mass is 10.1. The molecule has 1 aromatic heterocycles. The number of aromatic amines is 1. The molecule has 2 heterocycles. The maximum absolute atomic E-state index is 12.4. The molecule has 3 aromatic rings. The molecule has 3 amide bonds. The minimum absolute atomic E-state index is 0.257. The molecular weight excluding hydrogens is 318 g/mol. The first kappa shape index (κ1) is 15.1. The van der Waals surface area contributed by atoms with Gasteiger partial charge in [0.25, 0.3) is 11.8 Å². The number of benzene rings is 2. The van der Waals surface area contributed by atoms with Gasteiger partial charge in [-0.2, -0.15) is 0 Å². The van der Waals surface area contributed by atoms with Crippen LogP contribution in [0, 0.1) is 0 Å². The third-order valence-corrected chi connectivity index (χ3v) is 4.44. The molecule has 0 atom stereocenters. The average molecular weight is 333 g/mol. The van der Waals surface area contributed by atoms with Crippen LogP contribution in [0.5, 0.6) is 0 Å². The minimum atomic E-state index is -0.476. The third-order valence-electron chi connectivity index (χ3n) is 4.44. The number of primary amides is 1. The van der Waals surface area contributed by atoms with Gasteiger partial charge in [0.2, 0.25) is 5.91 Å². The highest BCUT2D eigenvalue weighted by Crippen LogP contribution is 2.23. The van der Waals surface area contributed by atoms with Crippen molar-refractivity contribution in [3.63, 3.8) is 0 Å². The van der Waals surface area contributed by atoms with Crippen LogP contribution in [0.3, 0.4) is 0 Å². The van der Waals surface area contributed by atoms with Gasteiger partial charge in [0.05, 0.1) is 11.1 Å². The fourth-order valence-electron chi connectivity index (χ4n) is 3.16. The summed E-state index contributed by atoms with van der Waals surface area (Å²) in [7, 11) is 0. The van der Waals surface area contributed by atoms with Crippen molar-refractivity contribution in [2.24, 2.45) is 5.73 Å². The summed E-state index contributed by atoms with van der Waals surface area (Å²) in [5, 5.41) is 0.869. The van der Waals surface area contributed by atoms with Gasteiger partial charge in [-0.25, -0.2) is 0 Å². The molecule has 0 aliphatic carbocycles. The SMILES string of the molecule is NC(=O)c1ccc2[nH]c(CCN3C(=O)c4ccccc4C3=O)cc2c1. The topological polar surface area (TPSA) is 96.3 Å². The van der Waals surface area contributed by atoms with Crippen molar-refractivity contribution in [1.29, 1.82) is 0 Å². The van der Waals surface area contributed by atoms with Gasteiger partial charge in [0.1, 0.15) is 0 Å². The Labute approximate surface area is 143 Å². The zero-order valence-corrected chi connectivity index (χ0v) is 13.3. The molecule has 6 heteroatoms. The van der Waals surface area contributed by atoms with E-state index in [2.05, 4.69) is 4.98 Å². The second kappa shape index (κ2) is 5.59. The summed E-state index contributed by atoms with van der Waals surface area (Å²) in [4.78, 5) is 40.5. The summed E-state index contributed by atoms with van der Waals surface area (Å²) in [6.07, 6.45) is 0.506. The highest BCUT2D eigenvalue weighted by molar-refractivity contribution is 6.21. The molecule has 25 heavy (non-hydrogen) atoms. The fourth-order valence-corrected chi connectivity index (χ4v) is 3.16. The Hall–Kier alpha value is -3.41. The van der Waals surface area contributed by atoms with Gasteiger partial charge >= 0.3 is 0 Å². The summed E-state index contributed by atoms with van der Waals surface area (Å²) < 4.78 is 0. The van der Waals surface area contributed by atoms with Crippen LogP contribution in [0.1, 0.15) is 36.8 Å². The van der Waals surface area contributed by atoms with Gasteiger partial charge in [-0.15, -0.1) is 0 Å². The van der Waals surface area contributed by atoms with E-state index in [4.69, 9.17) is 5.73 Å². The molecule has 1 aliphatic heterocycles. The van der Waals surface area contributed by atoms with E-state index in [0.717, 1.165) is 16.6 Å². The van der Waals surface area contributed by atoms with Crippen molar-refractivity contribution in [3.05, 3.63) is 70.9 Å². The quantitative estimate of drug-likeness (QED) is 0.716.